The zero-order valence-corrected chi connectivity index (χ0v) is 19.3. The molecule has 0 radical (unpaired) electrons. The standard InChI is InChI=1S/C21H25N3O2S2.ClH/c1-23(2)12-13-24(20(25)11-14-27-17-7-5-4-6-8-17)21-22-18-15-16(26-3)9-10-19(18)28-21;/h4-10,15H,11-14H2,1-3H3;1H. The molecule has 0 aliphatic carbocycles. The van der Waals surface area contributed by atoms with Crippen molar-refractivity contribution in [2.45, 2.75) is 11.3 Å². The molecule has 1 amide bonds. The van der Waals surface area contributed by atoms with Crippen LogP contribution in [0.3, 0.4) is 0 Å². The Balaban J connectivity index is 0.00000300. The lowest BCUT2D eigenvalue weighted by atomic mass is 10.3. The lowest BCUT2D eigenvalue weighted by Gasteiger charge is -2.22. The number of ether oxygens (including phenoxy) is 1. The predicted molar refractivity (Wildman–Crippen MR) is 126 cm³/mol. The molecule has 3 rings (SSSR count). The molecule has 0 bridgehead atoms. The van der Waals surface area contributed by atoms with Gasteiger partial charge in [-0.15, -0.1) is 24.2 Å². The second-order valence-corrected chi connectivity index (χ2v) is 8.77. The van der Waals surface area contributed by atoms with Crippen LogP contribution in [-0.2, 0) is 4.79 Å². The number of thiazole rings is 1. The third-order valence-electron chi connectivity index (χ3n) is 4.21. The van der Waals surface area contributed by atoms with E-state index in [2.05, 4.69) is 17.0 Å². The van der Waals surface area contributed by atoms with Gasteiger partial charge in [-0.25, -0.2) is 4.98 Å². The van der Waals surface area contributed by atoms with Gasteiger partial charge in [-0.1, -0.05) is 29.5 Å². The average Bonchev–Trinajstić information content (AvgIpc) is 3.11. The van der Waals surface area contributed by atoms with Crippen molar-refractivity contribution in [3.05, 3.63) is 48.5 Å². The summed E-state index contributed by atoms with van der Waals surface area (Å²) in [6.07, 6.45) is 0.478. The van der Waals surface area contributed by atoms with Gasteiger partial charge in [0.15, 0.2) is 5.13 Å². The van der Waals surface area contributed by atoms with Crippen LogP contribution < -0.4 is 9.64 Å². The fraction of sp³-hybridized carbons (Fsp3) is 0.333. The number of hydrogen-bond acceptors (Lipinski definition) is 6. The molecular weight excluding hydrogens is 426 g/mol. The van der Waals surface area contributed by atoms with E-state index in [-0.39, 0.29) is 18.3 Å². The monoisotopic (exact) mass is 451 g/mol. The number of halogens is 1. The Hall–Kier alpha value is -1.80. The van der Waals surface area contributed by atoms with Gasteiger partial charge in [-0.3, -0.25) is 9.69 Å². The molecule has 0 aliphatic heterocycles. The maximum absolute atomic E-state index is 13.0. The molecule has 5 nitrogen and oxygen atoms in total. The molecule has 0 unspecified atom stereocenters. The topological polar surface area (TPSA) is 45.7 Å². The number of methoxy groups -OCH3 is 1. The lowest BCUT2D eigenvalue weighted by molar-refractivity contribution is -0.118. The van der Waals surface area contributed by atoms with Crippen molar-refractivity contribution in [1.82, 2.24) is 9.88 Å². The molecule has 3 aromatic rings. The summed E-state index contributed by atoms with van der Waals surface area (Å²) in [5.74, 6) is 1.63. The number of nitrogens with zero attached hydrogens (tertiary/aromatic N) is 3. The van der Waals surface area contributed by atoms with Crippen molar-refractivity contribution in [3.63, 3.8) is 0 Å². The van der Waals surface area contributed by atoms with E-state index >= 15 is 0 Å². The fourth-order valence-electron chi connectivity index (χ4n) is 2.67. The first-order valence-corrected chi connectivity index (χ1v) is 10.9. The second kappa shape index (κ2) is 11.4. The van der Waals surface area contributed by atoms with Crippen molar-refractivity contribution in [2.24, 2.45) is 0 Å². The highest BCUT2D eigenvalue weighted by atomic mass is 35.5. The molecule has 0 saturated heterocycles. The Morgan fingerprint density at radius 2 is 1.90 bits per heavy atom. The number of benzene rings is 2. The minimum atomic E-state index is 0. The highest BCUT2D eigenvalue weighted by Crippen LogP contribution is 2.31. The van der Waals surface area contributed by atoms with Gasteiger partial charge in [0.05, 0.1) is 17.3 Å². The first-order valence-electron chi connectivity index (χ1n) is 9.14. The first-order chi connectivity index (χ1) is 13.6. The molecule has 1 heterocycles. The van der Waals surface area contributed by atoms with Gasteiger partial charge >= 0.3 is 0 Å². The van der Waals surface area contributed by atoms with Gasteiger partial charge in [-0.05, 0) is 38.4 Å². The molecule has 0 spiro atoms. The molecule has 0 fully saturated rings. The van der Waals surface area contributed by atoms with Crippen molar-refractivity contribution >= 4 is 56.8 Å². The predicted octanol–water partition coefficient (Wildman–Crippen LogP) is 4.80. The average molecular weight is 452 g/mol. The summed E-state index contributed by atoms with van der Waals surface area (Å²) in [7, 11) is 5.67. The fourth-order valence-corrected chi connectivity index (χ4v) is 4.52. The third kappa shape index (κ3) is 6.60. The van der Waals surface area contributed by atoms with Crippen LogP contribution >= 0.6 is 35.5 Å². The van der Waals surface area contributed by atoms with Gasteiger partial charge in [0.2, 0.25) is 5.91 Å². The SMILES string of the molecule is COc1ccc2sc(N(CCN(C)C)C(=O)CCSc3ccccc3)nc2c1.Cl. The number of carbonyl (C=O) groups is 1. The van der Waals surface area contributed by atoms with E-state index in [1.807, 2.05) is 55.4 Å². The van der Waals surface area contributed by atoms with Crippen LogP contribution in [0.25, 0.3) is 10.2 Å². The molecule has 0 saturated carbocycles. The zero-order valence-electron chi connectivity index (χ0n) is 16.8. The molecule has 1 aromatic heterocycles. The number of rotatable bonds is 9. The molecular formula is C21H26ClN3O2S2. The Morgan fingerprint density at radius 3 is 2.59 bits per heavy atom. The van der Waals surface area contributed by atoms with Crippen LogP contribution in [0.1, 0.15) is 6.42 Å². The summed E-state index contributed by atoms with van der Waals surface area (Å²) in [6.45, 7) is 1.41. The lowest BCUT2D eigenvalue weighted by Crippen LogP contribution is -2.36. The van der Waals surface area contributed by atoms with Crippen molar-refractivity contribution in [2.75, 3.05) is 44.9 Å². The first kappa shape index (κ1) is 23.5. The van der Waals surface area contributed by atoms with E-state index in [1.165, 1.54) is 4.90 Å². The van der Waals surface area contributed by atoms with Crippen LogP contribution in [0.5, 0.6) is 5.75 Å². The molecule has 2 aromatic carbocycles. The molecule has 0 atom stereocenters. The van der Waals surface area contributed by atoms with Crippen LogP contribution in [0, 0.1) is 0 Å². The van der Waals surface area contributed by atoms with Gasteiger partial charge in [0.25, 0.3) is 0 Å². The summed E-state index contributed by atoms with van der Waals surface area (Å²) in [5, 5.41) is 0.750. The normalized spacial score (nSPS) is 10.8. The number of aromatic nitrogens is 1. The summed E-state index contributed by atoms with van der Waals surface area (Å²) in [5.41, 5.74) is 0.862. The van der Waals surface area contributed by atoms with Crippen molar-refractivity contribution in [3.8, 4) is 5.75 Å². The van der Waals surface area contributed by atoms with E-state index < -0.39 is 0 Å². The van der Waals surface area contributed by atoms with E-state index in [4.69, 9.17) is 9.72 Å². The second-order valence-electron chi connectivity index (χ2n) is 6.59. The number of likely N-dealkylation sites (N-methyl/N-ethyl adjacent to an activating group) is 1. The number of amides is 1. The van der Waals surface area contributed by atoms with E-state index in [0.717, 1.165) is 33.4 Å². The van der Waals surface area contributed by atoms with Crippen LogP contribution in [0.2, 0.25) is 0 Å². The number of thioether (sulfide) groups is 1. The summed E-state index contributed by atoms with van der Waals surface area (Å²) in [4.78, 5) is 22.8. The largest absolute Gasteiger partial charge is 0.497 e. The Kier molecular flexibility index (Phi) is 9.23. The molecule has 29 heavy (non-hydrogen) atoms. The van der Waals surface area contributed by atoms with Crippen LogP contribution in [-0.4, -0.2) is 55.8 Å². The van der Waals surface area contributed by atoms with Crippen LogP contribution in [0.15, 0.2) is 53.4 Å². The van der Waals surface area contributed by atoms with Crippen molar-refractivity contribution in [1.29, 1.82) is 0 Å². The van der Waals surface area contributed by atoms with Gasteiger partial charge in [-0.2, -0.15) is 0 Å². The van der Waals surface area contributed by atoms with Crippen molar-refractivity contribution < 1.29 is 9.53 Å². The number of anilines is 1. The van der Waals surface area contributed by atoms with Gasteiger partial charge < -0.3 is 9.64 Å². The van der Waals surface area contributed by atoms with Crippen LogP contribution in [0.4, 0.5) is 5.13 Å². The zero-order chi connectivity index (χ0) is 19.9. The molecule has 0 N–H and O–H groups in total. The highest BCUT2D eigenvalue weighted by molar-refractivity contribution is 7.99. The van der Waals surface area contributed by atoms with E-state index in [9.17, 15) is 4.79 Å². The third-order valence-corrected chi connectivity index (χ3v) is 6.29. The summed E-state index contributed by atoms with van der Waals surface area (Å²) in [6, 6.07) is 16.0. The van der Waals surface area contributed by atoms with Gasteiger partial charge in [0, 0.05) is 36.2 Å². The highest BCUT2D eigenvalue weighted by Gasteiger charge is 2.20. The minimum Gasteiger partial charge on any atom is -0.497 e. The summed E-state index contributed by atoms with van der Waals surface area (Å²) >= 11 is 3.25. The Morgan fingerprint density at radius 1 is 1.14 bits per heavy atom. The quantitative estimate of drug-likeness (QED) is 0.437. The van der Waals surface area contributed by atoms with Gasteiger partial charge in [0.1, 0.15) is 5.75 Å². The molecule has 8 heteroatoms. The minimum absolute atomic E-state index is 0. The van der Waals surface area contributed by atoms with E-state index in [0.29, 0.717) is 13.0 Å². The molecule has 0 aliphatic rings. The Labute approximate surface area is 186 Å². The Bertz CT molecular complexity index is 919. The number of fused-ring (bicyclic) bond motifs is 1. The maximum atomic E-state index is 13.0. The molecule has 156 valence electrons. The van der Waals surface area contributed by atoms with E-state index in [1.54, 1.807) is 30.2 Å². The maximum Gasteiger partial charge on any atom is 0.229 e. The number of hydrogen-bond donors (Lipinski definition) is 0. The summed E-state index contributed by atoms with van der Waals surface area (Å²) < 4.78 is 6.34. The smallest absolute Gasteiger partial charge is 0.229 e. The number of carbonyl (C=O) groups excluding carboxylic acids is 1.